The van der Waals surface area contributed by atoms with Crippen LogP contribution < -0.4 is 15.8 Å². The molecule has 0 aliphatic carbocycles. The molecule has 16 heavy (non-hydrogen) atoms. The lowest BCUT2D eigenvalue weighted by Crippen LogP contribution is -2.59. The lowest BCUT2D eigenvalue weighted by Gasteiger charge is -2.27. The van der Waals surface area contributed by atoms with E-state index < -0.39 is 6.03 Å². The van der Waals surface area contributed by atoms with E-state index in [0.717, 1.165) is 0 Å². The number of imide groups is 1. The van der Waals surface area contributed by atoms with Gasteiger partial charge in [0, 0.05) is 10.0 Å². The molecule has 1 saturated heterocycles. The second-order valence-corrected chi connectivity index (χ2v) is 4.02. The molecule has 5 nitrogen and oxygen atoms in total. The smallest absolute Gasteiger partial charge is 0.275 e. The van der Waals surface area contributed by atoms with E-state index in [1.54, 1.807) is 18.2 Å². The van der Waals surface area contributed by atoms with Gasteiger partial charge in [-0.25, -0.2) is 15.2 Å². The second-order valence-electron chi connectivity index (χ2n) is 3.15. The molecular weight excluding hydrogens is 253 g/mol. The standard InChI is InChI=1S/C9H7Cl2N3O2/c10-5-1-6(11)3-7(2-5)14-9(16)13-8(15)4-12-14/h1-3,12H,4H2,(H,13,15,16). The molecular formula is C9H7Cl2N3O2. The second kappa shape index (κ2) is 4.29. The van der Waals surface area contributed by atoms with E-state index in [1.807, 2.05) is 0 Å². The molecule has 0 unspecified atom stereocenters. The minimum absolute atomic E-state index is 0.0237. The van der Waals surface area contributed by atoms with Gasteiger partial charge in [0.05, 0.1) is 12.2 Å². The van der Waals surface area contributed by atoms with Gasteiger partial charge in [-0.2, -0.15) is 0 Å². The Kier molecular flexibility index (Phi) is 3.00. The number of nitrogens with one attached hydrogen (secondary N) is 2. The van der Waals surface area contributed by atoms with E-state index in [9.17, 15) is 9.59 Å². The minimum atomic E-state index is -0.561. The summed E-state index contributed by atoms with van der Waals surface area (Å²) in [6.45, 7) is 0.0237. The number of carbonyl (C=O) groups is 2. The van der Waals surface area contributed by atoms with E-state index in [1.165, 1.54) is 5.01 Å². The molecule has 84 valence electrons. The SMILES string of the molecule is O=C1CNN(c2cc(Cl)cc(Cl)c2)C(=O)N1. The summed E-state index contributed by atoms with van der Waals surface area (Å²) in [6, 6.07) is 4.13. The number of hydrogen-bond acceptors (Lipinski definition) is 3. The topological polar surface area (TPSA) is 61.4 Å². The fraction of sp³-hybridized carbons (Fsp3) is 0.111. The summed E-state index contributed by atoms with van der Waals surface area (Å²) in [5.41, 5.74) is 3.12. The molecule has 1 aliphatic heterocycles. The normalized spacial score (nSPS) is 16.2. The summed E-state index contributed by atoms with van der Waals surface area (Å²) in [5.74, 6) is -0.380. The van der Waals surface area contributed by atoms with Gasteiger partial charge in [-0.3, -0.25) is 10.1 Å². The van der Waals surface area contributed by atoms with Crippen LogP contribution in [0.3, 0.4) is 0 Å². The summed E-state index contributed by atoms with van der Waals surface area (Å²) in [5, 5.41) is 4.17. The summed E-state index contributed by atoms with van der Waals surface area (Å²) in [6.07, 6.45) is 0. The first kappa shape index (κ1) is 11.2. The molecule has 1 aliphatic rings. The van der Waals surface area contributed by atoms with E-state index in [2.05, 4.69) is 10.7 Å². The van der Waals surface area contributed by atoms with Crippen LogP contribution in [0.15, 0.2) is 18.2 Å². The van der Waals surface area contributed by atoms with Crippen LogP contribution in [0.5, 0.6) is 0 Å². The van der Waals surface area contributed by atoms with E-state index in [0.29, 0.717) is 15.7 Å². The van der Waals surface area contributed by atoms with Crippen LogP contribution in [0.1, 0.15) is 0 Å². The molecule has 0 aromatic heterocycles. The lowest BCUT2D eigenvalue weighted by atomic mass is 10.3. The predicted molar refractivity (Wildman–Crippen MR) is 60.5 cm³/mol. The quantitative estimate of drug-likeness (QED) is 0.805. The third-order valence-electron chi connectivity index (χ3n) is 1.95. The first-order chi connectivity index (χ1) is 7.56. The van der Waals surface area contributed by atoms with Crippen molar-refractivity contribution < 1.29 is 9.59 Å². The van der Waals surface area contributed by atoms with Crippen LogP contribution in [0.25, 0.3) is 0 Å². The molecule has 2 N–H and O–H groups in total. The van der Waals surface area contributed by atoms with Crippen molar-refractivity contribution in [3.63, 3.8) is 0 Å². The number of hydrogen-bond donors (Lipinski definition) is 2. The molecule has 2 rings (SSSR count). The third-order valence-corrected chi connectivity index (χ3v) is 2.39. The van der Waals surface area contributed by atoms with Crippen LogP contribution in [0.4, 0.5) is 10.5 Å². The van der Waals surface area contributed by atoms with Gasteiger partial charge < -0.3 is 0 Å². The zero-order valence-electron chi connectivity index (χ0n) is 7.96. The average molecular weight is 260 g/mol. The van der Waals surface area contributed by atoms with Crippen molar-refractivity contribution in [2.24, 2.45) is 0 Å². The van der Waals surface area contributed by atoms with Gasteiger partial charge >= 0.3 is 6.03 Å². The Morgan fingerprint density at radius 2 is 1.75 bits per heavy atom. The minimum Gasteiger partial charge on any atom is -0.275 e. The summed E-state index contributed by atoms with van der Waals surface area (Å²) < 4.78 is 0. The van der Waals surface area contributed by atoms with Crippen LogP contribution in [0.2, 0.25) is 10.0 Å². The van der Waals surface area contributed by atoms with E-state index in [4.69, 9.17) is 23.2 Å². The Morgan fingerprint density at radius 3 is 2.31 bits per heavy atom. The highest BCUT2D eigenvalue weighted by Gasteiger charge is 2.24. The molecule has 0 spiro atoms. The Bertz CT molecular complexity index is 444. The fourth-order valence-corrected chi connectivity index (χ4v) is 1.83. The van der Waals surface area contributed by atoms with Gasteiger partial charge in [0.1, 0.15) is 0 Å². The van der Waals surface area contributed by atoms with Gasteiger partial charge in [-0.05, 0) is 18.2 Å². The average Bonchev–Trinajstić information content (AvgIpc) is 2.15. The van der Waals surface area contributed by atoms with Crippen LogP contribution in [-0.2, 0) is 4.79 Å². The highest BCUT2D eigenvalue weighted by molar-refractivity contribution is 6.35. The lowest BCUT2D eigenvalue weighted by molar-refractivity contribution is -0.119. The Hall–Kier alpha value is -1.30. The molecule has 0 saturated carbocycles. The maximum atomic E-state index is 11.5. The van der Waals surface area contributed by atoms with Crippen LogP contribution >= 0.6 is 23.2 Å². The number of anilines is 1. The number of urea groups is 1. The largest absolute Gasteiger partial charge is 0.343 e. The van der Waals surface area contributed by atoms with Crippen molar-refractivity contribution in [3.8, 4) is 0 Å². The van der Waals surface area contributed by atoms with E-state index >= 15 is 0 Å². The van der Waals surface area contributed by atoms with Crippen LogP contribution in [-0.4, -0.2) is 18.5 Å². The number of hydrazine groups is 1. The van der Waals surface area contributed by atoms with Gasteiger partial charge in [0.25, 0.3) is 0 Å². The third kappa shape index (κ3) is 2.27. The first-order valence-electron chi connectivity index (χ1n) is 4.40. The van der Waals surface area contributed by atoms with E-state index in [-0.39, 0.29) is 12.5 Å². The molecule has 7 heteroatoms. The number of rotatable bonds is 1. The van der Waals surface area contributed by atoms with Crippen LogP contribution in [0, 0.1) is 0 Å². The van der Waals surface area contributed by atoms with Gasteiger partial charge in [0.2, 0.25) is 5.91 Å². The highest BCUT2D eigenvalue weighted by Crippen LogP contribution is 2.25. The summed E-state index contributed by atoms with van der Waals surface area (Å²) in [4.78, 5) is 22.4. The number of nitrogens with zero attached hydrogens (tertiary/aromatic N) is 1. The fourth-order valence-electron chi connectivity index (χ4n) is 1.32. The van der Waals surface area contributed by atoms with Gasteiger partial charge in [0.15, 0.2) is 0 Å². The van der Waals surface area contributed by atoms with Crippen molar-refractivity contribution in [1.29, 1.82) is 0 Å². The molecule has 1 aromatic carbocycles. The predicted octanol–water partition coefficient (Wildman–Crippen LogP) is 1.55. The maximum Gasteiger partial charge on any atom is 0.343 e. The van der Waals surface area contributed by atoms with Crippen molar-refractivity contribution >= 4 is 40.8 Å². The Morgan fingerprint density at radius 1 is 1.12 bits per heavy atom. The van der Waals surface area contributed by atoms with Crippen molar-refractivity contribution in [3.05, 3.63) is 28.2 Å². The molecule has 0 radical (unpaired) electrons. The highest BCUT2D eigenvalue weighted by atomic mass is 35.5. The molecule has 0 atom stereocenters. The molecule has 1 fully saturated rings. The number of benzene rings is 1. The molecule has 3 amide bonds. The molecule has 1 aromatic rings. The monoisotopic (exact) mass is 259 g/mol. The summed E-state index contributed by atoms with van der Waals surface area (Å²) >= 11 is 11.6. The summed E-state index contributed by atoms with van der Waals surface area (Å²) in [7, 11) is 0. The van der Waals surface area contributed by atoms with Crippen molar-refractivity contribution in [2.45, 2.75) is 0 Å². The first-order valence-corrected chi connectivity index (χ1v) is 5.15. The number of carbonyl (C=O) groups excluding carboxylic acids is 2. The van der Waals surface area contributed by atoms with Crippen molar-refractivity contribution in [2.75, 3.05) is 11.6 Å². The zero-order valence-corrected chi connectivity index (χ0v) is 9.47. The Balaban J connectivity index is 2.30. The molecule has 1 heterocycles. The molecule has 0 bridgehead atoms. The number of amides is 3. The van der Waals surface area contributed by atoms with Gasteiger partial charge in [-0.15, -0.1) is 0 Å². The Labute approximate surface area is 101 Å². The zero-order chi connectivity index (χ0) is 11.7. The van der Waals surface area contributed by atoms with Gasteiger partial charge in [-0.1, -0.05) is 23.2 Å². The van der Waals surface area contributed by atoms with Crippen molar-refractivity contribution in [1.82, 2.24) is 10.7 Å². The number of halogens is 2. The maximum absolute atomic E-state index is 11.5.